The number of hydrogen-bond donors (Lipinski definition) is 0. The van der Waals surface area contributed by atoms with E-state index in [-0.39, 0.29) is 16.9 Å². The minimum absolute atomic E-state index is 0.0769. The molecule has 0 radical (unpaired) electrons. The van der Waals surface area contributed by atoms with Crippen molar-refractivity contribution in [3.8, 4) is 11.8 Å². The average molecular weight is 451 g/mol. The molecule has 1 spiro atoms. The Labute approximate surface area is 189 Å². The zero-order valence-electron chi connectivity index (χ0n) is 17.5. The molecule has 3 aliphatic rings. The zero-order chi connectivity index (χ0) is 22.0. The molecule has 2 saturated heterocycles. The second-order valence-corrected chi connectivity index (χ2v) is 9.46. The molecule has 10 heteroatoms. The van der Waals surface area contributed by atoms with Gasteiger partial charge in [-0.1, -0.05) is 11.6 Å². The van der Waals surface area contributed by atoms with Crippen LogP contribution in [0.15, 0.2) is 30.3 Å². The Morgan fingerprint density at radius 2 is 1.84 bits per heavy atom. The summed E-state index contributed by atoms with van der Waals surface area (Å²) >= 11 is 6.25. The SMILES string of the molecule is CN1Cc2cc(Cl)ccc2-n2c(nnc2N2CC3(CN(c4nc(C#N)ccc4F)C3)C2)C1. The van der Waals surface area contributed by atoms with E-state index < -0.39 is 5.82 Å². The van der Waals surface area contributed by atoms with E-state index in [4.69, 9.17) is 16.9 Å². The number of halogens is 2. The van der Waals surface area contributed by atoms with E-state index in [1.807, 2.05) is 29.2 Å². The van der Waals surface area contributed by atoms with Crippen LogP contribution in [-0.4, -0.2) is 57.9 Å². The maximum Gasteiger partial charge on any atom is 0.231 e. The van der Waals surface area contributed by atoms with Gasteiger partial charge in [0.15, 0.2) is 17.5 Å². The van der Waals surface area contributed by atoms with Crippen molar-refractivity contribution in [1.29, 1.82) is 5.26 Å². The number of pyridine rings is 1. The van der Waals surface area contributed by atoms with Gasteiger partial charge in [-0.15, -0.1) is 10.2 Å². The van der Waals surface area contributed by atoms with Gasteiger partial charge in [0, 0.05) is 43.2 Å². The molecule has 0 atom stereocenters. The number of rotatable bonds is 2. The summed E-state index contributed by atoms with van der Waals surface area (Å²) in [7, 11) is 2.06. The first-order valence-electron chi connectivity index (χ1n) is 10.4. The second-order valence-electron chi connectivity index (χ2n) is 9.02. The number of anilines is 2. The van der Waals surface area contributed by atoms with Gasteiger partial charge < -0.3 is 9.80 Å². The molecule has 0 aliphatic carbocycles. The molecule has 0 bridgehead atoms. The van der Waals surface area contributed by atoms with Crippen LogP contribution in [0.4, 0.5) is 16.2 Å². The summed E-state index contributed by atoms with van der Waals surface area (Å²) in [6.07, 6.45) is 0. The summed E-state index contributed by atoms with van der Waals surface area (Å²) in [6, 6.07) is 10.6. The van der Waals surface area contributed by atoms with Gasteiger partial charge in [0.05, 0.1) is 12.2 Å². The topological polar surface area (TPSA) is 77.1 Å². The van der Waals surface area contributed by atoms with Gasteiger partial charge in [0.25, 0.3) is 0 Å². The molecular weight excluding hydrogens is 431 g/mol. The van der Waals surface area contributed by atoms with Gasteiger partial charge in [-0.3, -0.25) is 9.47 Å². The highest BCUT2D eigenvalue weighted by Crippen LogP contribution is 2.44. The van der Waals surface area contributed by atoms with Crippen LogP contribution in [0, 0.1) is 22.6 Å². The second kappa shape index (κ2) is 6.89. The number of benzene rings is 1. The van der Waals surface area contributed by atoms with Crippen LogP contribution in [0.3, 0.4) is 0 Å². The number of fused-ring (bicyclic) bond motifs is 3. The molecule has 2 aromatic heterocycles. The molecule has 6 rings (SSSR count). The molecule has 2 fully saturated rings. The van der Waals surface area contributed by atoms with Crippen molar-refractivity contribution < 1.29 is 4.39 Å². The standard InChI is InChI=1S/C22H20ClFN8/c1-29-8-14-6-15(23)2-5-18(14)32-19(9-29)27-28-21(32)31-12-22(13-31)10-30(11-22)20-17(24)4-3-16(7-25)26-20/h2-6H,8-13H2,1H3. The fourth-order valence-electron chi connectivity index (χ4n) is 5.08. The van der Waals surface area contributed by atoms with Gasteiger partial charge in [-0.05, 0) is 42.9 Å². The number of aromatic nitrogens is 4. The van der Waals surface area contributed by atoms with E-state index in [9.17, 15) is 4.39 Å². The lowest BCUT2D eigenvalue weighted by atomic mass is 9.73. The first-order chi connectivity index (χ1) is 15.4. The Hall–Kier alpha value is -3.22. The Kier molecular flexibility index (Phi) is 4.19. The first kappa shape index (κ1) is 19.5. The van der Waals surface area contributed by atoms with Gasteiger partial charge >= 0.3 is 0 Å². The van der Waals surface area contributed by atoms with Gasteiger partial charge in [0.2, 0.25) is 5.95 Å². The zero-order valence-corrected chi connectivity index (χ0v) is 18.2. The summed E-state index contributed by atoms with van der Waals surface area (Å²) in [5, 5.41) is 18.8. The number of nitriles is 1. The summed E-state index contributed by atoms with van der Waals surface area (Å²) in [4.78, 5) is 10.5. The predicted molar refractivity (Wildman–Crippen MR) is 117 cm³/mol. The van der Waals surface area contributed by atoms with Crippen LogP contribution in [0.2, 0.25) is 5.02 Å². The summed E-state index contributed by atoms with van der Waals surface area (Å²) < 4.78 is 16.4. The smallest absolute Gasteiger partial charge is 0.231 e. The third kappa shape index (κ3) is 2.94. The lowest BCUT2D eigenvalue weighted by Gasteiger charge is -2.60. The highest BCUT2D eigenvalue weighted by atomic mass is 35.5. The van der Waals surface area contributed by atoms with Crippen molar-refractivity contribution in [2.24, 2.45) is 5.41 Å². The largest absolute Gasteiger partial charge is 0.353 e. The Morgan fingerprint density at radius 3 is 2.62 bits per heavy atom. The van der Waals surface area contributed by atoms with Crippen molar-refractivity contribution in [3.63, 3.8) is 0 Å². The molecule has 3 aliphatic heterocycles. The number of nitrogens with zero attached hydrogens (tertiary/aromatic N) is 8. The van der Waals surface area contributed by atoms with E-state index in [0.717, 1.165) is 42.7 Å². The third-order valence-corrected chi connectivity index (χ3v) is 6.71. The lowest BCUT2D eigenvalue weighted by molar-refractivity contribution is 0.152. The van der Waals surface area contributed by atoms with Crippen LogP contribution in [-0.2, 0) is 13.1 Å². The maximum absolute atomic E-state index is 14.2. The van der Waals surface area contributed by atoms with Crippen LogP contribution in [0.5, 0.6) is 0 Å². The fourth-order valence-corrected chi connectivity index (χ4v) is 5.28. The average Bonchev–Trinajstić information content (AvgIpc) is 3.03. The minimum atomic E-state index is -0.391. The normalized spacial score (nSPS) is 18.9. The molecular formula is C22H20ClFN8. The highest BCUT2D eigenvalue weighted by molar-refractivity contribution is 6.30. The van der Waals surface area contributed by atoms with Crippen molar-refractivity contribution >= 4 is 23.4 Å². The molecule has 0 N–H and O–H groups in total. The third-order valence-electron chi connectivity index (χ3n) is 6.48. The first-order valence-corrected chi connectivity index (χ1v) is 10.8. The number of hydrogen-bond acceptors (Lipinski definition) is 7. The Balaban J connectivity index is 1.23. The molecule has 3 aromatic rings. The molecule has 8 nitrogen and oxygen atoms in total. The maximum atomic E-state index is 14.2. The van der Waals surface area contributed by atoms with Crippen molar-refractivity contribution in [2.45, 2.75) is 13.1 Å². The highest BCUT2D eigenvalue weighted by Gasteiger charge is 2.54. The monoisotopic (exact) mass is 450 g/mol. The molecule has 5 heterocycles. The molecule has 32 heavy (non-hydrogen) atoms. The van der Waals surface area contributed by atoms with E-state index in [1.54, 1.807) is 0 Å². The van der Waals surface area contributed by atoms with Crippen LogP contribution < -0.4 is 9.80 Å². The summed E-state index contributed by atoms with van der Waals surface area (Å²) in [6.45, 7) is 4.54. The summed E-state index contributed by atoms with van der Waals surface area (Å²) in [5.41, 5.74) is 2.51. The van der Waals surface area contributed by atoms with E-state index in [0.29, 0.717) is 24.7 Å². The van der Waals surface area contributed by atoms with E-state index in [2.05, 4.69) is 36.6 Å². The van der Waals surface area contributed by atoms with Gasteiger partial charge in [-0.2, -0.15) is 5.26 Å². The Morgan fingerprint density at radius 1 is 1.06 bits per heavy atom. The van der Waals surface area contributed by atoms with Crippen LogP contribution in [0.1, 0.15) is 17.1 Å². The van der Waals surface area contributed by atoms with E-state index in [1.165, 1.54) is 12.1 Å². The molecule has 162 valence electrons. The van der Waals surface area contributed by atoms with Gasteiger partial charge in [-0.25, -0.2) is 9.37 Å². The van der Waals surface area contributed by atoms with Crippen molar-refractivity contribution in [2.75, 3.05) is 43.0 Å². The van der Waals surface area contributed by atoms with Crippen molar-refractivity contribution in [3.05, 3.63) is 58.3 Å². The minimum Gasteiger partial charge on any atom is -0.353 e. The Bertz CT molecular complexity index is 1270. The van der Waals surface area contributed by atoms with Crippen molar-refractivity contribution in [1.82, 2.24) is 24.6 Å². The molecule has 0 saturated carbocycles. The lowest BCUT2D eigenvalue weighted by Crippen LogP contribution is -2.73. The summed E-state index contributed by atoms with van der Waals surface area (Å²) in [5.74, 6) is 1.61. The fraction of sp³-hybridized carbons (Fsp3) is 0.364. The van der Waals surface area contributed by atoms with Crippen LogP contribution >= 0.6 is 11.6 Å². The van der Waals surface area contributed by atoms with Gasteiger partial charge in [0.1, 0.15) is 11.8 Å². The van der Waals surface area contributed by atoms with Crippen LogP contribution in [0.25, 0.3) is 5.69 Å². The predicted octanol–water partition coefficient (Wildman–Crippen LogP) is 2.60. The molecule has 0 unspecified atom stereocenters. The molecule has 0 amide bonds. The molecule has 1 aromatic carbocycles. The quantitative estimate of drug-likeness (QED) is 0.594. The van der Waals surface area contributed by atoms with E-state index >= 15 is 0 Å².